The molecule has 10 heavy (non-hydrogen) atoms. The first kappa shape index (κ1) is 7.06. The Morgan fingerprint density at radius 1 is 1.80 bits per heavy atom. The highest BCUT2D eigenvalue weighted by atomic mass is 16.5. The SMILES string of the molecule is C/C(=C\C=O)C1=COCC1. The Bertz CT molecular complexity index is 189. The Kier molecular flexibility index (Phi) is 2.26. The first-order valence-corrected chi connectivity index (χ1v) is 3.27. The first-order chi connectivity index (χ1) is 4.84. The van der Waals surface area contributed by atoms with Crippen molar-refractivity contribution in [1.29, 1.82) is 0 Å². The van der Waals surface area contributed by atoms with E-state index in [-0.39, 0.29) is 0 Å². The molecule has 2 nitrogen and oxygen atoms in total. The standard InChI is InChI=1S/C8H10O2/c1-7(2-4-9)8-3-5-10-6-8/h2,4,6H,3,5H2,1H3/b7-2+. The molecule has 0 saturated heterocycles. The van der Waals surface area contributed by atoms with Gasteiger partial charge in [-0.2, -0.15) is 0 Å². The Labute approximate surface area is 60.2 Å². The molecule has 0 aromatic heterocycles. The summed E-state index contributed by atoms with van der Waals surface area (Å²) >= 11 is 0. The highest BCUT2D eigenvalue weighted by molar-refractivity contribution is 5.67. The summed E-state index contributed by atoms with van der Waals surface area (Å²) in [4.78, 5) is 10.0. The summed E-state index contributed by atoms with van der Waals surface area (Å²) in [5.74, 6) is 0. The van der Waals surface area contributed by atoms with E-state index in [1.807, 2.05) is 6.92 Å². The van der Waals surface area contributed by atoms with Crippen molar-refractivity contribution < 1.29 is 9.53 Å². The van der Waals surface area contributed by atoms with E-state index >= 15 is 0 Å². The molecule has 1 heterocycles. The van der Waals surface area contributed by atoms with Crippen LogP contribution >= 0.6 is 0 Å². The molecule has 2 heteroatoms. The van der Waals surface area contributed by atoms with Gasteiger partial charge in [-0.15, -0.1) is 0 Å². The second-order valence-electron chi connectivity index (χ2n) is 2.25. The molecule has 0 bridgehead atoms. The zero-order chi connectivity index (χ0) is 7.40. The van der Waals surface area contributed by atoms with Gasteiger partial charge in [0.05, 0.1) is 12.9 Å². The molecule has 0 radical (unpaired) electrons. The van der Waals surface area contributed by atoms with Gasteiger partial charge in [-0.05, 0) is 24.1 Å². The summed E-state index contributed by atoms with van der Waals surface area (Å²) in [6, 6.07) is 0. The molecule has 0 aromatic carbocycles. The van der Waals surface area contributed by atoms with Crippen molar-refractivity contribution in [2.75, 3.05) is 6.61 Å². The molecule has 0 unspecified atom stereocenters. The van der Waals surface area contributed by atoms with E-state index in [4.69, 9.17) is 4.74 Å². The van der Waals surface area contributed by atoms with Gasteiger partial charge in [-0.1, -0.05) is 0 Å². The highest BCUT2D eigenvalue weighted by Crippen LogP contribution is 2.17. The summed E-state index contributed by atoms with van der Waals surface area (Å²) in [5.41, 5.74) is 2.14. The van der Waals surface area contributed by atoms with Crippen LogP contribution in [0, 0.1) is 0 Å². The van der Waals surface area contributed by atoms with E-state index in [1.54, 1.807) is 12.3 Å². The van der Waals surface area contributed by atoms with Crippen LogP contribution in [0.5, 0.6) is 0 Å². The summed E-state index contributed by atoms with van der Waals surface area (Å²) in [6.45, 7) is 2.66. The van der Waals surface area contributed by atoms with E-state index in [1.165, 1.54) is 0 Å². The lowest BCUT2D eigenvalue weighted by molar-refractivity contribution is -0.104. The van der Waals surface area contributed by atoms with Crippen molar-refractivity contribution in [2.45, 2.75) is 13.3 Å². The first-order valence-electron chi connectivity index (χ1n) is 3.27. The Hall–Kier alpha value is -1.05. The van der Waals surface area contributed by atoms with Gasteiger partial charge in [0.15, 0.2) is 0 Å². The van der Waals surface area contributed by atoms with Gasteiger partial charge >= 0.3 is 0 Å². The van der Waals surface area contributed by atoms with Gasteiger partial charge in [0.1, 0.15) is 6.29 Å². The summed E-state index contributed by atoms with van der Waals surface area (Å²) in [6.07, 6.45) is 5.00. The van der Waals surface area contributed by atoms with Gasteiger partial charge in [0.2, 0.25) is 0 Å². The lowest BCUT2D eigenvalue weighted by Crippen LogP contribution is -1.82. The van der Waals surface area contributed by atoms with E-state index in [2.05, 4.69) is 0 Å². The van der Waals surface area contributed by atoms with Crippen LogP contribution in [0.2, 0.25) is 0 Å². The monoisotopic (exact) mass is 138 g/mol. The van der Waals surface area contributed by atoms with Gasteiger partial charge in [0.25, 0.3) is 0 Å². The highest BCUT2D eigenvalue weighted by Gasteiger charge is 2.05. The molecule has 0 amide bonds. The molecular formula is C8H10O2. The number of allylic oxidation sites excluding steroid dienone is 2. The average molecular weight is 138 g/mol. The zero-order valence-electron chi connectivity index (χ0n) is 5.96. The molecular weight excluding hydrogens is 128 g/mol. The minimum atomic E-state index is 0.749. The maximum absolute atomic E-state index is 10.0. The van der Waals surface area contributed by atoms with E-state index in [0.29, 0.717) is 0 Å². The molecule has 1 aliphatic heterocycles. The number of carbonyl (C=O) groups excluding carboxylic acids is 1. The normalized spacial score (nSPS) is 18.1. The van der Waals surface area contributed by atoms with Crippen LogP contribution in [-0.4, -0.2) is 12.9 Å². The molecule has 0 N–H and O–H groups in total. The lowest BCUT2D eigenvalue weighted by Gasteiger charge is -1.94. The predicted molar refractivity (Wildman–Crippen MR) is 38.5 cm³/mol. The Morgan fingerprint density at radius 2 is 2.60 bits per heavy atom. The second kappa shape index (κ2) is 3.20. The fourth-order valence-corrected chi connectivity index (χ4v) is 0.887. The van der Waals surface area contributed by atoms with Gasteiger partial charge in [-0.3, -0.25) is 4.79 Å². The van der Waals surface area contributed by atoms with Crippen LogP contribution in [0.3, 0.4) is 0 Å². The van der Waals surface area contributed by atoms with Crippen LogP contribution in [0.15, 0.2) is 23.5 Å². The number of aldehydes is 1. The smallest absolute Gasteiger partial charge is 0.143 e. The number of hydrogen-bond acceptors (Lipinski definition) is 2. The molecule has 0 saturated carbocycles. The quantitative estimate of drug-likeness (QED) is 0.426. The number of ether oxygens (including phenoxy) is 1. The van der Waals surface area contributed by atoms with E-state index < -0.39 is 0 Å². The fourth-order valence-electron chi connectivity index (χ4n) is 0.887. The van der Waals surface area contributed by atoms with Crippen molar-refractivity contribution in [2.24, 2.45) is 0 Å². The van der Waals surface area contributed by atoms with E-state index in [0.717, 1.165) is 30.5 Å². The number of carbonyl (C=O) groups is 1. The molecule has 0 aliphatic carbocycles. The third kappa shape index (κ3) is 1.47. The van der Waals surface area contributed by atoms with Crippen molar-refractivity contribution in [3.8, 4) is 0 Å². The largest absolute Gasteiger partial charge is 0.501 e. The lowest BCUT2D eigenvalue weighted by atomic mass is 10.1. The van der Waals surface area contributed by atoms with Crippen LogP contribution in [0.1, 0.15) is 13.3 Å². The van der Waals surface area contributed by atoms with Crippen molar-refractivity contribution in [3.05, 3.63) is 23.5 Å². The maximum Gasteiger partial charge on any atom is 0.143 e. The maximum atomic E-state index is 10.0. The minimum absolute atomic E-state index is 0.749. The van der Waals surface area contributed by atoms with Crippen molar-refractivity contribution >= 4 is 6.29 Å². The summed E-state index contributed by atoms with van der Waals surface area (Å²) in [7, 11) is 0. The topological polar surface area (TPSA) is 26.3 Å². The van der Waals surface area contributed by atoms with Gasteiger partial charge in [0, 0.05) is 6.42 Å². The molecule has 0 atom stereocenters. The van der Waals surface area contributed by atoms with Crippen LogP contribution < -0.4 is 0 Å². The van der Waals surface area contributed by atoms with Crippen LogP contribution in [0.25, 0.3) is 0 Å². The predicted octanol–water partition coefficient (Wildman–Crippen LogP) is 1.44. The number of rotatable bonds is 2. The molecule has 1 rings (SSSR count). The molecule has 0 spiro atoms. The minimum Gasteiger partial charge on any atom is -0.501 e. The molecule has 54 valence electrons. The van der Waals surface area contributed by atoms with Crippen molar-refractivity contribution in [3.63, 3.8) is 0 Å². The summed E-state index contributed by atoms with van der Waals surface area (Å²) in [5, 5.41) is 0. The zero-order valence-corrected chi connectivity index (χ0v) is 5.96. The van der Waals surface area contributed by atoms with Crippen LogP contribution in [0.4, 0.5) is 0 Å². The molecule has 0 fully saturated rings. The Balaban J connectivity index is 2.63. The van der Waals surface area contributed by atoms with Gasteiger partial charge < -0.3 is 4.74 Å². The third-order valence-corrected chi connectivity index (χ3v) is 1.54. The van der Waals surface area contributed by atoms with Crippen molar-refractivity contribution in [1.82, 2.24) is 0 Å². The molecule has 1 aliphatic rings. The number of hydrogen-bond donors (Lipinski definition) is 0. The third-order valence-electron chi connectivity index (χ3n) is 1.54. The summed E-state index contributed by atoms with van der Waals surface area (Å²) < 4.78 is 5.01. The van der Waals surface area contributed by atoms with Gasteiger partial charge in [-0.25, -0.2) is 0 Å². The van der Waals surface area contributed by atoms with Crippen LogP contribution in [-0.2, 0) is 9.53 Å². The average Bonchev–Trinajstić information content (AvgIpc) is 2.38. The molecule has 0 aromatic rings. The van der Waals surface area contributed by atoms with E-state index in [9.17, 15) is 4.79 Å². The Morgan fingerprint density at radius 3 is 3.10 bits per heavy atom. The second-order valence-corrected chi connectivity index (χ2v) is 2.25. The fraction of sp³-hybridized carbons (Fsp3) is 0.375.